The van der Waals surface area contributed by atoms with Crippen molar-refractivity contribution in [2.24, 2.45) is 0 Å². The van der Waals surface area contributed by atoms with Crippen molar-refractivity contribution in [3.63, 3.8) is 0 Å². The van der Waals surface area contributed by atoms with E-state index in [1.165, 1.54) is 23.8 Å². The summed E-state index contributed by atoms with van der Waals surface area (Å²) in [5.41, 5.74) is 0.603. The van der Waals surface area contributed by atoms with E-state index >= 15 is 0 Å². The van der Waals surface area contributed by atoms with E-state index in [1.807, 2.05) is 0 Å². The minimum absolute atomic E-state index is 0.0695. The SMILES string of the molecule is COC(=O)c1ccc(NC(=O)Cn2cccc3c(=O)n(Cc4ccncc4)c(=O)nc2-3)cc1. The highest BCUT2D eigenvalue weighted by Crippen LogP contribution is 2.15. The molecule has 0 radical (unpaired) electrons. The van der Waals surface area contributed by atoms with Crippen molar-refractivity contribution in [1.29, 1.82) is 0 Å². The predicted octanol–water partition coefficient (Wildman–Crippen LogP) is 1.38. The van der Waals surface area contributed by atoms with E-state index in [2.05, 4.69) is 20.0 Å². The Morgan fingerprint density at radius 3 is 2.45 bits per heavy atom. The number of anilines is 1. The molecule has 0 spiro atoms. The van der Waals surface area contributed by atoms with E-state index in [4.69, 9.17) is 0 Å². The van der Waals surface area contributed by atoms with Gasteiger partial charge in [-0.15, -0.1) is 0 Å². The molecule has 166 valence electrons. The summed E-state index contributed by atoms with van der Waals surface area (Å²) in [6.45, 7) is -0.101. The van der Waals surface area contributed by atoms with Crippen LogP contribution in [0.2, 0.25) is 0 Å². The first-order valence-corrected chi connectivity index (χ1v) is 9.93. The zero-order valence-corrected chi connectivity index (χ0v) is 17.6. The maximum absolute atomic E-state index is 13.0. The second-order valence-electron chi connectivity index (χ2n) is 7.13. The number of nitrogens with zero attached hydrogens (tertiary/aromatic N) is 4. The number of esters is 1. The number of hydrogen-bond donors (Lipinski definition) is 1. The first kappa shape index (κ1) is 21.6. The Morgan fingerprint density at radius 1 is 1.03 bits per heavy atom. The lowest BCUT2D eigenvalue weighted by Gasteiger charge is -2.15. The normalized spacial score (nSPS) is 10.7. The Bertz CT molecular complexity index is 1390. The molecule has 4 rings (SSSR count). The molecule has 33 heavy (non-hydrogen) atoms. The molecule has 1 N–H and O–H groups in total. The number of rotatable bonds is 6. The summed E-state index contributed by atoms with van der Waals surface area (Å²) in [6.07, 6.45) is 4.73. The lowest BCUT2D eigenvalue weighted by atomic mass is 10.2. The van der Waals surface area contributed by atoms with Crippen LogP contribution in [-0.4, -0.2) is 38.1 Å². The lowest BCUT2D eigenvalue weighted by Crippen LogP contribution is -2.38. The van der Waals surface area contributed by atoms with Crippen LogP contribution >= 0.6 is 0 Å². The van der Waals surface area contributed by atoms with Gasteiger partial charge in [0, 0.05) is 24.3 Å². The first-order chi connectivity index (χ1) is 16.0. The summed E-state index contributed by atoms with van der Waals surface area (Å²) in [7, 11) is 1.29. The monoisotopic (exact) mass is 445 g/mol. The van der Waals surface area contributed by atoms with Crippen LogP contribution in [-0.2, 0) is 22.6 Å². The Balaban J connectivity index is 1.57. The van der Waals surface area contributed by atoms with Gasteiger partial charge in [-0.25, -0.2) is 9.59 Å². The second-order valence-corrected chi connectivity index (χ2v) is 7.13. The zero-order chi connectivity index (χ0) is 23.4. The predicted molar refractivity (Wildman–Crippen MR) is 119 cm³/mol. The molecule has 3 heterocycles. The molecule has 0 fully saturated rings. The number of methoxy groups -OCH3 is 1. The fourth-order valence-electron chi connectivity index (χ4n) is 3.32. The van der Waals surface area contributed by atoms with Crippen molar-refractivity contribution in [2.45, 2.75) is 13.1 Å². The van der Waals surface area contributed by atoms with Crippen LogP contribution in [0.15, 0.2) is 76.7 Å². The summed E-state index contributed by atoms with van der Waals surface area (Å²) < 4.78 is 7.13. The molecule has 2 aliphatic rings. The third kappa shape index (κ3) is 4.69. The van der Waals surface area contributed by atoms with Gasteiger partial charge in [-0.2, -0.15) is 4.98 Å². The largest absolute Gasteiger partial charge is 0.465 e. The van der Waals surface area contributed by atoms with Gasteiger partial charge >= 0.3 is 11.7 Å². The number of fused-ring (bicyclic) bond motifs is 1. The van der Waals surface area contributed by atoms with Gasteiger partial charge in [0.1, 0.15) is 6.54 Å². The molecule has 0 unspecified atom stereocenters. The van der Waals surface area contributed by atoms with Crippen molar-refractivity contribution in [1.82, 2.24) is 19.1 Å². The van der Waals surface area contributed by atoms with Crippen LogP contribution in [0.4, 0.5) is 5.69 Å². The van der Waals surface area contributed by atoms with E-state index in [0.29, 0.717) is 11.3 Å². The highest BCUT2D eigenvalue weighted by atomic mass is 16.5. The number of carbonyl (C=O) groups excluding carboxylic acids is 2. The summed E-state index contributed by atoms with van der Waals surface area (Å²) in [4.78, 5) is 57.6. The van der Waals surface area contributed by atoms with Crippen molar-refractivity contribution in [2.75, 3.05) is 12.4 Å². The number of benzene rings is 1. The van der Waals surface area contributed by atoms with Gasteiger partial charge in [0.05, 0.1) is 24.8 Å². The number of amides is 1. The highest BCUT2D eigenvalue weighted by molar-refractivity contribution is 5.93. The van der Waals surface area contributed by atoms with Crippen LogP contribution in [0.5, 0.6) is 0 Å². The molecular formula is C23H19N5O5. The van der Waals surface area contributed by atoms with Gasteiger partial charge in [-0.3, -0.25) is 19.1 Å². The van der Waals surface area contributed by atoms with E-state index in [-0.39, 0.29) is 24.5 Å². The number of pyridine rings is 2. The Kier molecular flexibility index (Phi) is 6.07. The minimum atomic E-state index is -0.705. The summed E-state index contributed by atoms with van der Waals surface area (Å²) in [5, 5.41) is 2.71. The van der Waals surface area contributed by atoms with Gasteiger partial charge in [0.25, 0.3) is 5.56 Å². The fraction of sp³-hybridized carbons (Fsp3) is 0.130. The Hall–Kier alpha value is -4.60. The van der Waals surface area contributed by atoms with Crippen LogP contribution in [0.1, 0.15) is 15.9 Å². The van der Waals surface area contributed by atoms with Crippen LogP contribution in [0.25, 0.3) is 11.4 Å². The number of ether oxygens (including phenoxy) is 1. The van der Waals surface area contributed by atoms with Gasteiger partial charge in [-0.05, 0) is 54.1 Å². The third-order valence-corrected chi connectivity index (χ3v) is 4.94. The smallest absolute Gasteiger partial charge is 0.352 e. The van der Waals surface area contributed by atoms with Crippen LogP contribution < -0.4 is 16.6 Å². The first-order valence-electron chi connectivity index (χ1n) is 9.93. The average Bonchev–Trinajstić information content (AvgIpc) is 2.83. The van der Waals surface area contributed by atoms with Gasteiger partial charge in [-0.1, -0.05) is 0 Å². The topological polar surface area (TPSA) is 125 Å². The fourth-order valence-corrected chi connectivity index (χ4v) is 3.32. The summed E-state index contributed by atoms with van der Waals surface area (Å²) in [6, 6.07) is 12.8. The van der Waals surface area contributed by atoms with Gasteiger partial charge < -0.3 is 14.6 Å². The average molecular weight is 445 g/mol. The van der Waals surface area contributed by atoms with E-state index in [1.54, 1.807) is 55.0 Å². The molecular weight excluding hydrogens is 426 g/mol. The van der Waals surface area contributed by atoms with Crippen LogP contribution in [0, 0.1) is 0 Å². The second kappa shape index (κ2) is 9.27. The number of carbonyl (C=O) groups is 2. The number of hydrogen-bond acceptors (Lipinski definition) is 7. The molecule has 1 aromatic carbocycles. The molecule has 0 aliphatic carbocycles. The zero-order valence-electron chi connectivity index (χ0n) is 17.6. The maximum atomic E-state index is 13.0. The highest BCUT2D eigenvalue weighted by Gasteiger charge is 2.18. The molecule has 10 heteroatoms. The third-order valence-electron chi connectivity index (χ3n) is 4.94. The standard InChI is InChI=1S/C23H19N5O5/c1-33-22(31)16-4-6-17(7-5-16)25-19(29)14-27-12-2-3-18-20(27)26-23(32)28(21(18)30)13-15-8-10-24-11-9-15/h2-12H,13-14H2,1H3,(H,25,29). The van der Waals surface area contributed by atoms with E-state index in [0.717, 1.165) is 10.1 Å². The molecule has 1 amide bonds. The lowest BCUT2D eigenvalue weighted by molar-refractivity contribution is -0.116. The maximum Gasteiger partial charge on any atom is 0.352 e. The molecule has 0 atom stereocenters. The summed E-state index contributed by atoms with van der Waals surface area (Å²) >= 11 is 0. The molecule has 1 aromatic heterocycles. The number of aromatic nitrogens is 4. The minimum Gasteiger partial charge on any atom is -0.465 e. The molecule has 2 aromatic rings. The molecule has 0 saturated heterocycles. The van der Waals surface area contributed by atoms with E-state index in [9.17, 15) is 19.2 Å². The van der Waals surface area contributed by atoms with Crippen molar-refractivity contribution >= 4 is 17.6 Å². The van der Waals surface area contributed by atoms with Crippen molar-refractivity contribution in [3.8, 4) is 11.4 Å². The van der Waals surface area contributed by atoms with E-state index < -0.39 is 23.1 Å². The molecule has 0 bridgehead atoms. The molecule has 2 aliphatic heterocycles. The molecule has 10 nitrogen and oxygen atoms in total. The van der Waals surface area contributed by atoms with Crippen molar-refractivity contribution < 1.29 is 14.3 Å². The quantitative estimate of drug-likeness (QED) is 0.445. The van der Waals surface area contributed by atoms with Gasteiger partial charge in [0.15, 0.2) is 5.82 Å². The Labute approximate surface area is 187 Å². The Morgan fingerprint density at radius 2 is 1.76 bits per heavy atom. The number of nitrogens with one attached hydrogen (secondary N) is 1. The van der Waals surface area contributed by atoms with Gasteiger partial charge in [0.2, 0.25) is 5.91 Å². The van der Waals surface area contributed by atoms with Crippen LogP contribution in [0.3, 0.4) is 0 Å². The summed E-state index contributed by atoms with van der Waals surface area (Å²) in [5.74, 6) is -0.753. The van der Waals surface area contributed by atoms with Crippen molar-refractivity contribution in [3.05, 3.63) is 99.1 Å². The molecule has 0 saturated carbocycles.